The summed E-state index contributed by atoms with van der Waals surface area (Å²) in [6.07, 6.45) is 0.628. The summed E-state index contributed by atoms with van der Waals surface area (Å²) in [5.74, 6) is -1.40. The number of aliphatic hydroxyl groups is 1. The zero-order valence-corrected chi connectivity index (χ0v) is 22.1. The van der Waals surface area contributed by atoms with Gasteiger partial charge in [-0.05, 0) is 67.3 Å². The maximum absolute atomic E-state index is 13.6. The number of ketones is 1. The van der Waals surface area contributed by atoms with Crippen LogP contribution < -0.4 is 9.64 Å². The zero-order chi connectivity index (χ0) is 27.6. The lowest BCUT2D eigenvalue weighted by Gasteiger charge is -2.22. The van der Waals surface area contributed by atoms with Gasteiger partial charge in [-0.2, -0.15) is 0 Å². The highest BCUT2D eigenvalue weighted by Crippen LogP contribution is 2.45. The number of anilines is 1. The molecule has 0 aliphatic carbocycles. The van der Waals surface area contributed by atoms with Crippen LogP contribution in [0, 0.1) is 24.0 Å². The van der Waals surface area contributed by atoms with Crippen molar-refractivity contribution in [2.45, 2.75) is 39.3 Å². The van der Waals surface area contributed by atoms with Gasteiger partial charge in [0.15, 0.2) is 5.13 Å². The van der Waals surface area contributed by atoms with Crippen LogP contribution in [0.4, 0.5) is 10.8 Å². The Morgan fingerprint density at radius 3 is 2.72 bits per heavy atom. The van der Waals surface area contributed by atoms with Gasteiger partial charge >= 0.3 is 5.91 Å². The summed E-state index contributed by atoms with van der Waals surface area (Å²) in [6.45, 7) is 5.82. The first-order valence-corrected chi connectivity index (χ1v) is 13.2. The molecule has 2 aliphatic heterocycles. The number of amides is 1. The molecule has 0 radical (unpaired) electrons. The Bertz CT molecular complexity index is 1760. The van der Waals surface area contributed by atoms with E-state index in [1.54, 1.807) is 24.3 Å². The fourth-order valence-electron chi connectivity index (χ4n) is 5.34. The van der Waals surface area contributed by atoms with Crippen LogP contribution in [0.15, 0.2) is 60.2 Å². The number of fused-ring (bicyclic) bond motifs is 2. The van der Waals surface area contributed by atoms with Gasteiger partial charge in [0.2, 0.25) is 0 Å². The maximum atomic E-state index is 13.6. The Labute approximate surface area is 227 Å². The molecule has 4 aromatic rings. The minimum Gasteiger partial charge on any atom is -0.507 e. The first kappa shape index (κ1) is 24.7. The lowest BCUT2D eigenvalue weighted by molar-refractivity contribution is -0.384. The average Bonchev–Trinajstić information content (AvgIpc) is 3.56. The second-order valence-electron chi connectivity index (χ2n) is 9.90. The molecule has 10 heteroatoms. The maximum Gasteiger partial charge on any atom is 0.301 e. The van der Waals surface area contributed by atoms with Crippen molar-refractivity contribution in [3.8, 4) is 5.75 Å². The van der Waals surface area contributed by atoms with E-state index in [0.717, 1.165) is 21.4 Å². The molecule has 6 rings (SSSR count). The van der Waals surface area contributed by atoms with Gasteiger partial charge < -0.3 is 9.84 Å². The van der Waals surface area contributed by atoms with Crippen LogP contribution in [0.2, 0.25) is 0 Å². The van der Waals surface area contributed by atoms with Gasteiger partial charge in [0.1, 0.15) is 17.6 Å². The van der Waals surface area contributed by atoms with Crippen LogP contribution in [-0.4, -0.2) is 32.8 Å². The number of non-ortho nitro benzene ring substituents is 1. The largest absolute Gasteiger partial charge is 0.507 e. The van der Waals surface area contributed by atoms with Crippen molar-refractivity contribution in [2.24, 2.45) is 0 Å². The van der Waals surface area contributed by atoms with Crippen molar-refractivity contribution in [2.75, 3.05) is 4.90 Å². The molecule has 9 nitrogen and oxygen atoms in total. The molecule has 1 saturated heterocycles. The third-order valence-corrected chi connectivity index (χ3v) is 8.04. The fraction of sp³-hybridized carbons (Fsp3) is 0.207. The molecule has 0 bridgehead atoms. The number of nitro benzene ring substituents is 1. The van der Waals surface area contributed by atoms with Crippen molar-refractivity contribution in [3.63, 3.8) is 0 Å². The number of thiazole rings is 1. The molecule has 3 aromatic carbocycles. The number of aromatic nitrogens is 1. The minimum atomic E-state index is -1.12. The number of hydrogen-bond donors (Lipinski definition) is 1. The van der Waals surface area contributed by atoms with Crippen LogP contribution in [0.3, 0.4) is 0 Å². The Morgan fingerprint density at radius 2 is 1.95 bits per heavy atom. The van der Waals surface area contributed by atoms with Crippen molar-refractivity contribution < 1.29 is 24.4 Å². The predicted octanol–water partition coefficient (Wildman–Crippen LogP) is 5.77. The average molecular weight is 542 g/mol. The smallest absolute Gasteiger partial charge is 0.301 e. The second-order valence-corrected chi connectivity index (χ2v) is 10.9. The number of ether oxygens (including phenoxy) is 1. The molecule has 0 saturated carbocycles. The molecule has 1 fully saturated rings. The number of rotatable bonds is 4. The van der Waals surface area contributed by atoms with Gasteiger partial charge in [0.25, 0.3) is 11.5 Å². The summed E-state index contributed by atoms with van der Waals surface area (Å²) < 4.78 is 6.60. The molecule has 3 heterocycles. The molecule has 0 unspecified atom stereocenters. The van der Waals surface area contributed by atoms with Crippen LogP contribution in [0.5, 0.6) is 5.75 Å². The summed E-state index contributed by atoms with van der Waals surface area (Å²) in [4.78, 5) is 44.1. The van der Waals surface area contributed by atoms with Crippen molar-refractivity contribution in [3.05, 3.63) is 98.1 Å². The lowest BCUT2D eigenvalue weighted by Crippen LogP contribution is -2.29. The van der Waals surface area contributed by atoms with Crippen LogP contribution in [-0.2, 0) is 16.0 Å². The molecule has 1 N–H and O–H groups in total. The number of Topliss-reactive ketones (excluding diaryl/α,β-unsaturated/α-hetero) is 1. The third kappa shape index (κ3) is 4.04. The molecule has 0 spiro atoms. The Kier molecular flexibility index (Phi) is 5.72. The summed E-state index contributed by atoms with van der Waals surface area (Å²) in [7, 11) is 0. The van der Waals surface area contributed by atoms with Gasteiger partial charge in [-0.3, -0.25) is 24.6 Å². The van der Waals surface area contributed by atoms with Crippen molar-refractivity contribution >= 4 is 49.8 Å². The van der Waals surface area contributed by atoms with Gasteiger partial charge in [-0.15, -0.1) is 0 Å². The monoisotopic (exact) mass is 541 g/mol. The van der Waals surface area contributed by atoms with Gasteiger partial charge in [0.05, 0.1) is 26.8 Å². The highest BCUT2D eigenvalue weighted by Gasteiger charge is 2.48. The van der Waals surface area contributed by atoms with Crippen molar-refractivity contribution in [1.29, 1.82) is 0 Å². The SMILES string of the molecule is Cc1cc(C)c2nc(N3C(=O)C(=O)C(=C(O)c4ccc5c(c4)C[C@@H](C)O5)[C@H]3c3cccc([N+](=O)[O-])c3)sc2c1. The standard InChI is InChI=1S/C29H23N3O6S/c1-14-9-15(2)24-22(10-14)39-29(30-24)31-25(17-5-4-6-20(13-17)32(36)37)23(27(34)28(31)35)26(33)18-7-8-21-19(12-18)11-16(3)38-21/h4-10,12-13,16,25,33H,11H2,1-3H3/t16-,25-/m1/s1. The predicted molar refractivity (Wildman–Crippen MR) is 147 cm³/mol. The van der Waals surface area contributed by atoms with E-state index < -0.39 is 22.7 Å². The molecule has 39 heavy (non-hydrogen) atoms. The summed E-state index contributed by atoms with van der Waals surface area (Å²) in [6, 6.07) is 13.7. The highest BCUT2D eigenvalue weighted by molar-refractivity contribution is 7.22. The topological polar surface area (TPSA) is 123 Å². The van der Waals surface area contributed by atoms with Crippen LogP contribution in [0.1, 0.15) is 40.8 Å². The van der Waals surface area contributed by atoms with Crippen molar-refractivity contribution in [1.82, 2.24) is 4.98 Å². The fourth-order valence-corrected chi connectivity index (χ4v) is 6.51. The normalized spacial score (nSPS) is 19.9. The van der Waals surface area contributed by atoms with E-state index >= 15 is 0 Å². The van der Waals surface area contributed by atoms with Gasteiger partial charge in [-0.25, -0.2) is 4.98 Å². The van der Waals surface area contributed by atoms with Crippen LogP contribution in [0.25, 0.3) is 16.0 Å². The quantitative estimate of drug-likeness (QED) is 0.114. The van der Waals surface area contributed by atoms with E-state index in [2.05, 4.69) is 0 Å². The number of carbonyl (C=O) groups excluding carboxylic acids is 2. The van der Waals surface area contributed by atoms with E-state index in [1.807, 2.05) is 32.9 Å². The van der Waals surface area contributed by atoms with E-state index in [9.17, 15) is 24.8 Å². The lowest BCUT2D eigenvalue weighted by atomic mass is 9.94. The molecular formula is C29H23N3O6S. The van der Waals surface area contributed by atoms with E-state index in [4.69, 9.17) is 9.72 Å². The zero-order valence-electron chi connectivity index (χ0n) is 21.3. The molecule has 1 aromatic heterocycles. The molecule has 1 amide bonds. The Balaban J connectivity index is 1.57. The summed E-state index contributed by atoms with van der Waals surface area (Å²) >= 11 is 1.25. The minimum absolute atomic E-state index is 0.0148. The van der Waals surface area contributed by atoms with Crippen LogP contribution >= 0.6 is 11.3 Å². The summed E-state index contributed by atoms with van der Waals surface area (Å²) in [5, 5.41) is 23.3. The summed E-state index contributed by atoms with van der Waals surface area (Å²) in [5.41, 5.74) is 3.86. The van der Waals surface area contributed by atoms with E-state index in [1.165, 1.54) is 34.4 Å². The number of hydrogen-bond acceptors (Lipinski definition) is 8. The number of aliphatic hydroxyl groups excluding tert-OH is 1. The Morgan fingerprint density at radius 1 is 1.15 bits per heavy atom. The third-order valence-electron chi connectivity index (χ3n) is 7.04. The number of nitrogens with zero attached hydrogens (tertiary/aromatic N) is 3. The first-order chi connectivity index (χ1) is 18.6. The van der Waals surface area contributed by atoms with E-state index in [0.29, 0.717) is 28.8 Å². The van der Waals surface area contributed by atoms with E-state index in [-0.39, 0.29) is 28.3 Å². The highest BCUT2D eigenvalue weighted by atomic mass is 32.1. The molecule has 2 atom stereocenters. The number of aryl methyl sites for hydroxylation is 2. The molecule has 196 valence electrons. The van der Waals surface area contributed by atoms with Gasteiger partial charge in [-0.1, -0.05) is 29.5 Å². The Hall–Kier alpha value is -4.57. The van der Waals surface area contributed by atoms with Gasteiger partial charge in [0, 0.05) is 24.1 Å². The number of carbonyl (C=O) groups is 2. The molecule has 2 aliphatic rings. The number of benzene rings is 3. The number of nitro groups is 1. The first-order valence-electron chi connectivity index (χ1n) is 12.4. The molecular weight excluding hydrogens is 518 g/mol. The second kappa shape index (κ2) is 9.02.